The molecule has 3 heterocycles. The van der Waals surface area contributed by atoms with E-state index in [9.17, 15) is 8.42 Å². The zero-order chi connectivity index (χ0) is 14.3. The molecule has 110 valence electrons. The van der Waals surface area contributed by atoms with Crippen LogP contribution in [0.5, 0.6) is 0 Å². The van der Waals surface area contributed by atoms with E-state index in [1.165, 1.54) is 6.20 Å². The van der Waals surface area contributed by atoms with E-state index in [2.05, 4.69) is 23.7 Å². The summed E-state index contributed by atoms with van der Waals surface area (Å²) >= 11 is 0. The average Bonchev–Trinajstić information content (AvgIpc) is 2.71. The monoisotopic (exact) mass is 295 g/mol. The summed E-state index contributed by atoms with van der Waals surface area (Å²) < 4.78 is 27.3. The van der Waals surface area contributed by atoms with E-state index in [1.54, 1.807) is 22.6 Å². The Hall–Kier alpha value is -0.980. The van der Waals surface area contributed by atoms with Crippen molar-refractivity contribution < 1.29 is 8.42 Å². The molecule has 1 aromatic rings. The van der Waals surface area contributed by atoms with Crippen LogP contribution < -0.4 is 0 Å². The molecule has 0 N–H and O–H groups in total. The highest BCUT2D eigenvalue weighted by molar-refractivity contribution is 7.89. The van der Waals surface area contributed by atoms with Gasteiger partial charge in [-0.05, 0) is 38.8 Å². The van der Waals surface area contributed by atoms with Gasteiger partial charge in [-0.1, -0.05) is 0 Å². The van der Waals surface area contributed by atoms with Crippen molar-refractivity contribution in [3.8, 4) is 0 Å². The molecule has 2 aliphatic rings. The Balaban J connectivity index is 1.89. The van der Waals surface area contributed by atoms with E-state index in [-0.39, 0.29) is 12.1 Å². The third-order valence-corrected chi connectivity index (χ3v) is 6.37. The minimum atomic E-state index is -3.40. The summed E-state index contributed by atoms with van der Waals surface area (Å²) in [6.07, 6.45) is 4.98. The van der Waals surface area contributed by atoms with Gasteiger partial charge < -0.3 is 0 Å². The maximum Gasteiger partial charge on any atom is 0.245 e. The largest absolute Gasteiger partial charge is 0.298 e. The molecular formula is C14H21N3O2S. The molecule has 1 aromatic heterocycles. The highest BCUT2D eigenvalue weighted by Gasteiger charge is 2.46. The van der Waals surface area contributed by atoms with Crippen molar-refractivity contribution in [2.45, 2.75) is 49.7 Å². The molecule has 0 saturated carbocycles. The number of pyridine rings is 1. The molecule has 0 aliphatic carbocycles. The van der Waals surface area contributed by atoms with Gasteiger partial charge in [0.2, 0.25) is 10.0 Å². The zero-order valence-corrected chi connectivity index (χ0v) is 12.8. The Kier molecular flexibility index (Phi) is 3.56. The molecule has 0 spiro atoms. The van der Waals surface area contributed by atoms with Crippen LogP contribution in [0.15, 0.2) is 29.4 Å². The third kappa shape index (κ3) is 2.25. The molecule has 0 aromatic carbocycles. The van der Waals surface area contributed by atoms with E-state index in [0.717, 1.165) is 25.9 Å². The summed E-state index contributed by atoms with van der Waals surface area (Å²) in [7, 11) is -3.40. The number of piperazine rings is 1. The van der Waals surface area contributed by atoms with Gasteiger partial charge in [0.1, 0.15) is 4.90 Å². The van der Waals surface area contributed by atoms with E-state index in [1.807, 2.05) is 0 Å². The summed E-state index contributed by atoms with van der Waals surface area (Å²) in [4.78, 5) is 6.64. The maximum atomic E-state index is 12.8. The number of hydrogen-bond donors (Lipinski definition) is 0. The first kappa shape index (κ1) is 14.0. The van der Waals surface area contributed by atoms with Crippen LogP contribution in [0.1, 0.15) is 26.7 Å². The Morgan fingerprint density at radius 2 is 1.90 bits per heavy atom. The normalized spacial score (nSPS) is 28.1. The van der Waals surface area contributed by atoms with Crippen molar-refractivity contribution in [2.75, 3.05) is 13.1 Å². The lowest BCUT2D eigenvalue weighted by atomic mass is 10.2. The summed E-state index contributed by atoms with van der Waals surface area (Å²) in [6, 6.07) is 4.01. The summed E-state index contributed by atoms with van der Waals surface area (Å²) in [6.45, 7) is 6.02. The van der Waals surface area contributed by atoms with Crippen LogP contribution in [0.25, 0.3) is 0 Å². The molecule has 2 unspecified atom stereocenters. The molecule has 0 radical (unpaired) electrons. The molecule has 5 nitrogen and oxygen atoms in total. The van der Waals surface area contributed by atoms with E-state index >= 15 is 0 Å². The first-order chi connectivity index (χ1) is 9.50. The molecule has 2 atom stereocenters. The van der Waals surface area contributed by atoms with Gasteiger partial charge in [0.15, 0.2) is 0 Å². The standard InChI is InChI=1S/C14H21N3O2S/c1-11(2)16-9-12-5-6-13(10-16)17(12)20(18,19)14-4-3-7-15-8-14/h3-4,7-8,11-13H,5-6,9-10H2,1-2H3. The number of likely N-dealkylation sites (tertiary alicyclic amines) is 1. The number of sulfonamides is 1. The Morgan fingerprint density at radius 3 is 2.40 bits per heavy atom. The number of hydrogen-bond acceptors (Lipinski definition) is 4. The number of fused-ring (bicyclic) bond motifs is 2. The zero-order valence-electron chi connectivity index (χ0n) is 11.9. The molecule has 2 aliphatic heterocycles. The summed E-state index contributed by atoms with van der Waals surface area (Å²) in [5.74, 6) is 0. The molecule has 0 amide bonds. The van der Waals surface area contributed by atoms with Crippen molar-refractivity contribution in [3.63, 3.8) is 0 Å². The summed E-state index contributed by atoms with van der Waals surface area (Å²) in [5.41, 5.74) is 0. The number of aromatic nitrogens is 1. The highest BCUT2D eigenvalue weighted by Crippen LogP contribution is 2.35. The first-order valence-electron chi connectivity index (χ1n) is 7.18. The molecule has 20 heavy (non-hydrogen) atoms. The van der Waals surface area contributed by atoms with Crippen LogP contribution >= 0.6 is 0 Å². The van der Waals surface area contributed by atoms with E-state index < -0.39 is 10.0 Å². The second-order valence-corrected chi connectivity index (χ2v) is 7.80. The van der Waals surface area contributed by atoms with Crippen LogP contribution in [0, 0.1) is 0 Å². The van der Waals surface area contributed by atoms with Crippen molar-refractivity contribution in [2.24, 2.45) is 0 Å². The Bertz CT molecular complexity index is 559. The molecule has 2 fully saturated rings. The predicted molar refractivity (Wildman–Crippen MR) is 76.8 cm³/mol. The Labute approximate surface area is 120 Å². The maximum absolute atomic E-state index is 12.8. The molecular weight excluding hydrogens is 274 g/mol. The van der Waals surface area contributed by atoms with Crippen LogP contribution in [0.4, 0.5) is 0 Å². The highest BCUT2D eigenvalue weighted by atomic mass is 32.2. The second-order valence-electron chi connectivity index (χ2n) is 5.96. The molecule has 2 bridgehead atoms. The van der Waals surface area contributed by atoms with E-state index in [0.29, 0.717) is 10.9 Å². The topological polar surface area (TPSA) is 53.5 Å². The van der Waals surface area contributed by atoms with Gasteiger partial charge in [0.05, 0.1) is 0 Å². The molecule has 6 heteroatoms. The van der Waals surface area contributed by atoms with Gasteiger partial charge in [-0.2, -0.15) is 4.31 Å². The smallest absolute Gasteiger partial charge is 0.245 e. The minimum absolute atomic E-state index is 0.112. The molecule has 2 saturated heterocycles. The van der Waals surface area contributed by atoms with Crippen LogP contribution in [-0.2, 0) is 10.0 Å². The first-order valence-corrected chi connectivity index (χ1v) is 8.62. The quantitative estimate of drug-likeness (QED) is 0.844. The van der Waals surface area contributed by atoms with Crippen molar-refractivity contribution in [1.82, 2.24) is 14.2 Å². The fourth-order valence-corrected chi connectivity index (χ4v) is 5.15. The minimum Gasteiger partial charge on any atom is -0.298 e. The number of nitrogens with zero attached hydrogens (tertiary/aromatic N) is 3. The van der Waals surface area contributed by atoms with E-state index in [4.69, 9.17) is 0 Å². The van der Waals surface area contributed by atoms with Gasteiger partial charge >= 0.3 is 0 Å². The Morgan fingerprint density at radius 1 is 1.25 bits per heavy atom. The van der Waals surface area contributed by atoms with Crippen LogP contribution in [0.2, 0.25) is 0 Å². The van der Waals surface area contributed by atoms with Crippen LogP contribution in [0.3, 0.4) is 0 Å². The number of rotatable bonds is 3. The SMILES string of the molecule is CC(C)N1CC2CCC(C1)N2S(=O)(=O)c1cccnc1. The predicted octanol–water partition coefficient (Wildman–Crippen LogP) is 1.33. The lowest BCUT2D eigenvalue weighted by Crippen LogP contribution is -2.57. The second kappa shape index (κ2) is 5.09. The van der Waals surface area contributed by atoms with Gasteiger partial charge in [0, 0.05) is 43.6 Å². The fourth-order valence-electron chi connectivity index (χ4n) is 3.33. The molecule has 3 rings (SSSR count). The third-order valence-electron chi connectivity index (χ3n) is 4.38. The van der Waals surface area contributed by atoms with Gasteiger partial charge in [-0.3, -0.25) is 9.88 Å². The summed E-state index contributed by atoms with van der Waals surface area (Å²) in [5, 5.41) is 0. The van der Waals surface area contributed by atoms with Gasteiger partial charge in [0.25, 0.3) is 0 Å². The van der Waals surface area contributed by atoms with Crippen molar-refractivity contribution >= 4 is 10.0 Å². The fraction of sp³-hybridized carbons (Fsp3) is 0.643. The average molecular weight is 295 g/mol. The van der Waals surface area contributed by atoms with Crippen LogP contribution in [-0.4, -0.2) is 53.8 Å². The lowest BCUT2D eigenvalue weighted by molar-refractivity contribution is 0.103. The van der Waals surface area contributed by atoms with Gasteiger partial charge in [-0.25, -0.2) is 8.42 Å². The van der Waals surface area contributed by atoms with Crippen molar-refractivity contribution in [3.05, 3.63) is 24.5 Å². The lowest BCUT2D eigenvalue weighted by Gasteiger charge is -2.41. The van der Waals surface area contributed by atoms with Crippen molar-refractivity contribution in [1.29, 1.82) is 0 Å². The van der Waals surface area contributed by atoms with Gasteiger partial charge in [-0.15, -0.1) is 0 Å².